The summed E-state index contributed by atoms with van der Waals surface area (Å²) in [6, 6.07) is 12.1. The van der Waals surface area contributed by atoms with Crippen molar-refractivity contribution in [1.82, 2.24) is 5.32 Å². The van der Waals surface area contributed by atoms with Gasteiger partial charge in [0, 0.05) is 41.2 Å². The summed E-state index contributed by atoms with van der Waals surface area (Å²) in [5, 5.41) is 5.31. The lowest BCUT2D eigenvalue weighted by atomic mass is 10.1. The van der Waals surface area contributed by atoms with Crippen molar-refractivity contribution in [2.24, 2.45) is 0 Å². The van der Waals surface area contributed by atoms with Crippen LogP contribution in [0.25, 0.3) is 0 Å². The summed E-state index contributed by atoms with van der Waals surface area (Å²) in [7, 11) is 1.55. The van der Waals surface area contributed by atoms with E-state index in [9.17, 15) is 14.4 Å². The Bertz CT molecular complexity index is 801. The zero-order valence-electron chi connectivity index (χ0n) is 14.1. The SMILES string of the molecule is CNC(=O)c1ccc(C)c(NC(=O)CCC(=O)c2ccc(Br)cc2)c1. The van der Waals surface area contributed by atoms with Gasteiger partial charge in [0.2, 0.25) is 5.91 Å². The number of Topliss-reactive ketones (excluding diaryl/α,β-unsaturated/α-hetero) is 1. The number of amides is 2. The Balaban J connectivity index is 1.97. The molecule has 6 heteroatoms. The minimum absolute atomic E-state index is 0.0819. The zero-order valence-corrected chi connectivity index (χ0v) is 15.6. The Morgan fingerprint density at radius 3 is 2.24 bits per heavy atom. The molecular weight excluding hydrogens is 384 g/mol. The van der Waals surface area contributed by atoms with E-state index in [0.29, 0.717) is 16.8 Å². The molecule has 0 saturated carbocycles. The van der Waals surface area contributed by atoms with E-state index in [0.717, 1.165) is 10.0 Å². The first-order valence-electron chi connectivity index (χ1n) is 7.82. The number of hydrogen-bond donors (Lipinski definition) is 2. The van der Waals surface area contributed by atoms with Gasteiger partial charge in [0.05, 0.1) is 0 Å². The summed E-state index contributed by atoms with van der Waals surface area (Å²) in [4.78, 5) is 35.9. The lowest BCUT2D eigenvalue weighted by Crippen LogP contribution is -2.19. The molecule has 0 aliphatic carbocycles. The van der Waals surface area contributed by atoms with Gasteiger partial charge in [0.25, 0.3) is 5.91 Å². The smallest absolute Gasteiger partial charge is 0.251 e. The van der Waals surface area contributed by atoms with Crippen LogP contribution in [-0.2, 0) is 4.79 Å². The highest BCUT2D eigenvalue weighted by atomic mass is 79.9. The number of rotatable bonds is 6. The van der Waals surface area contributed by atoms with Crippen LogP contribution < -0.4 is 10.6 Å². The molecule has 0 fully saturated rings. The van der Waals surface area contributed by atoms with Crippen LogP contribution in [0.4, 0.5) is 5.69 Å². The molecule has 0 spiro atoms. The monoisotopic (exact) mass is 402 g/mol. The van der Waals surface area contributed by atoms with Crippen LogP contribution in [0.3, 0.4) is 0 Å². The van der Waals surface area contributed by atoms with Gasteiger partial charge in [-0.3, -0.25) is 14.4 Å². The van der Waals surface area contributed by atoms with Gasteiger partial charge >= 0.3 is 0 Å². The largest absolute Gasteiger partial charge is 0.355 e. The fourth-order valence-corrected chi connectivity index (χ4v) is 2.53. The fraction of sp³-hybridized carbons (Fsp3) is 0.211. The number of benzene rings is 2. The van der Waals surface area contributed by atoms with Crippen LogP contribution in [0.15, 0.2) is 46.9 Å². The third kappa shape index (κ3) is 5.26. The van der Waals surface area contributed by atoms with Crippen molar-refractivity contribution in [3.05, 3.63) is 63.6 Å². The zero-order chi connectivity index (χ0) is 18.4. The molecule has 0 aromatic heterocycles. The van der Waals surface area contributed by atoms with E-state index in [2.05, 4.69) is 26.6 Å². The summed E-state index contributed by atoms with van der Waals surface area (Å²) in [6.45, 7) is 1.84. The number of carbonyl (C=O) groups excluding carboxylic acids is 3. The van der Waals surface area contributed by atoms with Gasteiger partial charge in [0.15, 0.2) is 5.78 Å². The average molecular weight is 403 g/mol. The number of halogens is 1. The highest BCUT2D eigenvalue weighted by molar-refractivity contribution is 9.10. The molecule has 25 heavy (non-hydrogen) atoms. The molecule has 2 rings (SSSR count). The second-order valence-corrected chi connectivity index (χ2v) is 6.50. The second-order valence-electron chi connectivity index (χ2n) is 5.59. The normalized spacial score (nSPS) is 10.2. The maximum atomic E-state index is 12.1. The molecule has 2 amide bonds. The first kappa shape index (κ1) is 18.9. The highest BCUT2D eigenvalue weighted by Gasteiger charge is 2.12. The van der Waals surface area contributed by atoms with Crippen LogP contribution >= 0.6 is 15.9 Å². The third-order valence-corrected chi connectivity index (χ3v) is 4.27. The molecule has 0 radical (unpaired) electrons. The van der Waals surface area contributed by atoms with Gasteiger partial charge in [-0.1, -0.05) is 34.1 Å². The van der Waals surface area contributed by atoms with E-state index < -0.39 is 0 Å². The maximum absolute atomic E-state index is 12.1. The lowest BCUT2D eigenvalue weighted by Gasteiger charge is -2.10. The van der Waals surface area contributed by atoms with Crippen LogP contribution in [0.1, 0.15) is 39.1 Å². The summed E-state index contributed by atoms with van der Waals surface area (Å²) in [6.07, 6.45) is 0.209. The molecule has 0 heterocycles. The van der Waals surface area contributed by atoms with E-state index in [1.165, 1.54) is 0 Å². The van der Waals surface area contributed by atoms with E-state index >= 15 is 0 Å². The van der Waals surface area contributed by atoms with Crippen LogP contribution in [0.5, 0.6) is 0 Å². The Hall–Kier alpha value is -2.47. The topological polar surface area (TPSA) is 75.3 Å². The molecule has 2 aromatic rings. The van der Waals surface area contributed by atoms with Crippen molar-refractivity contribution in [3.63, 3.8) is 0 Å². The maximum Gasteiger partial charge on any atom is 0.251 e. The van der Waals surface area contributed by atoms with Crippen LogP contribution in [0, 0.1) is 6.92 Å². The van der Waals surface area contributed by atoms with Crippen molar-refractivity contribution >= 4 is 39.2 Å². The molecule has 0 bridgehead atoms. The summed E-state index contributed by atoms with van der Waals surface area (Å²) in [5.41, 5.74) is 2.46. The minimum Gasteiger partial charge on any atom is -0.355 e. The number of hydrogen-bond acceptors (Lipinski definition) is 3. The number of nitrogens with one attached hydrogen (secondary N) is 2. The highest BCUT2D eigenvalue weighted by Crippen LogP contribution is 2.18. The van der Waals surface area contributed by atoms with Gasteiger partial charge in [-0.05, 0) is 36.8 Å². The molecule has 0 atom stereocenters. The van der Waals surface area contributed by atoms with E-state index in [1.807, 2.05) is 6.92 Å². The standard InChI is InChI=1S/C19H19BrN2O3/c1-12-3-4-14(19(25)21-2)11-16(12)22-18(24)10-9-17(23)13-5-7-15(20)8-6-13/h3-8,11H,9-10H2,1-2H3,(H,21,25)(H,22,24). The third-order valence-electron chi connectivity index (χ3n) is 3.75. The van der Waals surface area contributed by atoms with Crippen molar-refractivity contribution in [2.45, 2.75) is 19.8 Å². The number of aryl methyl sites for hydroxylation is 1. The Labute approximate surface area is 154 Å². The molecular formula is C19H19BrN2O3. The number of anilines is 1. The van der Waals surface area contributed by atoms with Crippen molar-refractivity contribution in [2.75, 3.05) is 12.4 Å². The fourth-order valence-electron chi connectivity index (χ4n) is 2.26. The van der Waals surface area contributed by atoms with Crippen molar-refractivity contribution < 1.29 is 14.4 Å². The molecule has 0 unspecified atom stereocenters. The molecule has 0 aliphatic heterocycles. The Morgan fingerprint density at radius 1 is 0.960 bits per heavy atom. The molecule has 5 nitrogen and oxygen atoms in total. The number of ketones is 1. The quantitative estimate of drug-likeness (QED) is 0.722. The molecule has 2 N–H and O–H groups in total. The van der Waals surface area contributed by atoms with E-state index in [-0.39, 0.29) is 30.4 Å². The van der Waals surface area contributed by atoms with Gasteiger partial charge in [-0.25, -0.2) is 0 Å². The predicted octanol–water partition coefficient (Wildman–Crippen LogP) is 3.72. The summed E-state index contributed by atoms with van der Waals surface area (Å²) in [5.74, 6) is -0.568. The minimum atomic E-state index is -0.261. The van der Waals surface area contributed by atoms with Gasteiger partial charge in [0.1, 0.15) is 0 Å². The first-order valence-corrected chi connectivity index (χ1v) is 8.61. The summed E-state index contributed by atoms with van der Waals surface area (Å²) >= 11 is 3.32. The molecule has 130 valence electrons. The van der Waals surface area contributed by atoms with Gasteiger partial charge in [-0.2, -0.15) is 0 Å². The van der Waals surface area contributed by atoms with Gasteiger partial charge < -0.3 is 10.6 Å². The molecule has 0 saturated heterocycles. The average Bonchev–Trinajstić information content (AvgIpc) is 2.61. The Kier molecular flexibility index (Phi) is 6.47. The molecule has 0 aliphatic rings. The first-order chi connectivity index (χ1) is 11.9. The Morgan fingerprint density at radius 2 is 1.60 bits per heavy atom. The van der Waals surface area contributed by atoms with Crippen molar-refractivity contribution in [1.29, 1.82) is 0 Å². The van der Waals surface area contributed by atoms with E-state index in [1.54, 1.807) is 49.5 Å². The van der Waals surface area contributed by atoms with E-state index in [4.69, 9.17) is 0 Å². The molecule has 2 aromatic carbocycles. The van der Waals surface area contributed by atoms with Crippen LogP contribution in [0.2, 0.25) is 0 Å². The van der Waals surface area contributed by atoms with Gasteiger partial charge in [-0.15, -0.1) is 0 Å². The predicted molar refractivity (Wildman–Crippen MR) is 101 cm³/mol. The van der Waals surface area contributed by atoms with Crippen molar-refractivity contribution in [3.8, 4) is 0 Å². The lowest BCUT2D eigenvalue weighted by molar-refractivity contribution is -0.116. The summed E-state index contributed by atoms with van der Waals surface area (Å²) < 4.78 is 0.897. The number of carbonyl (C=O) groups is 3. The second kappa shape index (κ2) is 8.58. The van der Waals surface area contributed by atoms with Crippen LogP contribution in [-0.4, -0.2) is 24.6 Å².